The van der Waals surface area contributed by atoms with E-state index >= 15 is 0 Å². The molecular formula is C11H13NO3. The summed E-state index contributed by atoms with van der Waals surface area (Å²) in [7, 11) is 3.37. The highest BCUT2D eigenvalue weighted by Gasteiger charge is 2.07. The second-order valence-corrected chi connectivity index (χ2v) is 3.32. The van der Waals surface area contributed by atoms with Crippen molar-refractivity contribution in [2.45, 2.75) is 6.92 Å². The number of amides is 1. The molecule has 0 aliphatic carbocycles. The van der Waals surface area contributed by atoms with Crippen LogP contribution in [0.1, 0.15) is 17.3 Å². The van der Waals surface area contributed by atoms with Crippen molar-refractivity contribution < 1.29 is 14.3 Å². The minimum atomic E-state index is -0.373. The standard InChI is InChI=1S/C11H13NO3/c1-8(13)15-10-6-4-9(5-7-10)11(14)12(2)3/h4-7H,1-3H3. The molecule has 80 valence electrons. The van der Waals surface area contributed by atoms with E-state index in [0.29, 0.717) is 11.3 Å². The van der Waals surface area contributed by atoms with Crippen LogP contribution in [0, 0.1) is 0 Å². The number of hydrogen-bond acceptors (Lipinski definition) is 3. The van der Waals surface area contributed by atoms with Crippen molar-refractivity contribution in [2.24, 2.45) is 0 Å². The van der Waals surface area contributed by atoms with Crippen LogP contribution >= 0.6 is 0 Å². The minimum absolute atomic E-state index is 0.0793. The predicted octanol–water partition coefficient (Wildman–Crippen LogP) is 1.31. The highest BCUT2D eigenvalue weighted by molar-refractivity contribution is 5.94. The van der Waals surface area contributed by atoms with Crippen molar-refractivity contribution in [1.82, 2.24) is 4.90 Å². The Balaban J connectivity index is 2.81. The smallest absolute Gasteiger partial charge is 0.308 e. The van der Waals surface area contributed by atoms with E-state index in [-0.39, 0.29) is 11.9 Å². The summed E-state index contributed by atoms with van der Waals surface area (Å²) in [5, 5.41) is 0. The Kier molecular flexibility index (Phi) is 3.44. The van der Waals surface area contributed by atoms with Crippen LogP contribution in [0.4, 0.5) is 0 Å². The topological polar surface area (TPSA) is 46.6 Å². The zero-order valence-electron chi connectivity index (χ0n) is 8.98. The normalized spacial score (nSPS) is 9.53. The monoisotopic (exact) mass is 207 g/mol. The summed E-state index contributed by atoms with van der Waals surface area (Å²) in [6.45, 7) is 1.33. The fourth-order valence-electron chi connectivity index (χ4n) is 1.09. The van der Waals surface area contributed by atoms with Crippen molar-refractivity contribution >= 4 is 11.9 Å². The molecule has 0 aliphatic heterocycles. The maximum atomic E-state index is 11.5. The van der Waals surface area contributed by atoms with Crippen LogP contribution in [-0.4, -0.2) is 30.9 Å². The first-order valence-electron chi connectivity index (χ1n) is 4.51. The van der Waals surface area contributed by atoms with Gasteiger partial charge >= 0.3 is 5.97 Å². The molecule has 0 saturated heterocycles. The van der Waals surface area contributed by atoms with Gasteiger partial charge in [-0.15, -0.1) is 0 Å². The van der Waals surface area contributed by atoms with Crippen LogP contribution in [0.3, 0.4) is 0 Å². The number of carbonyl (C=O) groups excluding carboxylic acids is 2. The molecular weight excluding hydrogens is 194 g/mol. The third kappa shape index (κ3) is 3.09. The Labute approximate surface area is 88.5 Å². The third-order valence-electron chi connectivity index (χ3n) is 1.77. The van der Waals surface area contributed by atoms with Crippen molar-refractivity contribution in [1.29, 1.82) is 0 Å². The van der Waals surface area contributed by atoms with Crippen LogP contribution in [0.15, 0.2) is 24.3 Å². The van der Waals surface area contributed by atoms with E-state index in [4.69, 9.17) is 4.74 Å². The van der Waals surface area contributed by atoms with Crippen molar-refractivity contribution in [2.75, 3.05) is 14.1 Å². The van der Waals surface area contributed by atoms with Gasteiger partial charge in [0.2, 0.25) is 0 Å². The molecule has 0 radical (unpaired) electrons. The second-order valence-electron chi connectivity index (χ2n) is 3.32. The molecule has 0 aromatic heterocycles. The maximum Gasteiger partial charge on any atom is 0.308 e. The van der Waals surface area contributed by atoms with E-state index in [1.165, 1.54) is 11.8 Å². The van der Waals surface area contributed by atoms with Gasteiger partial charge in [0.25, 0.3) is 5.91 Å². The molecule has 0 aliphatic rings. The van der Waals surface area contributed by atoms with Gasteiger partial charge in [-0.25, -0.2) is 0 Å². The molecule has 4 heteroatoms. The van der Waals surface area contributed by atoms with Gasteiger partial charge in [-0.05, 0) is 24.3 Å². The summed E-state index contributed by atoms with van der Waals surface area (Å²) in [5.74, 6) is -0.0103. The van der Waals surface area contributed by atoms with Crippen LogP contribution in [0.2, 0.25) is 0 Å². The first-order valence-corrected chi connectivity index (χ1v) is 4.51. The molecule has 0 heterocycles. The Morgan fingerprint density at radius 2 is 1.67 bits per heavy atom. The Morgan fingerprint density at radius 3 is 2.07 bits per heavy atom. The highest BCUT2D eigenvalue weighted by atomic mass is 16.5. The molecule has 15 heavy (non-hydrogen) atoms. The lowest BCUT2D eigenvalue weighted by molar-refractivity contribution is -0.131. The van der Waals surface area contributed by atoms with Crippen molar-refractivity contribution in [3.63, 3.8) is 0 Å². The molecule has 1 aromatic carbocycles. The van der Waals surface area contributed by atoms with Crippen LogP contribution in [0.25, 0.3) is 0 Å². The number of rotatable bonds is 2. The fourth-order valence-corrected chi connectivity index (χ4v) is 1.09. The average Bonchev–Trinajstić information content (AvgIpc) is 2.17. The van der Waals surface area contributed by atoms with Gasteiger partial charge in [-0.2, -0.15) is 0 Å². The number of esters is 1. The molecule has 0 bridgehead atoms. The van der Waals surface area contributed by atoms with E-state index in [1.54, 1.807) is 38.4 Å². The number of hydrogen-bond donors (Lipinski definition) is 0. The van der Waals surface area contributed by atoms with Gasteiger partial charge in [0.15, 0.2) is 0 Å². The Hall–Kier alpha value is -1.84. The number of nitrogens with zero attached hydrogens (tertiary/aromatic N) is 1. The van der Waals surface area contributed by atoms with E-state index in [1.807, 2.05) is 0 Å². The summed E-state index contributed by atoms with van der Waals surface area (Å²) in [5.41, 5.74) is 0.566. The highest BCUT2D eigenvalue weighted by Crippen LogP contribution is 2.13. The molecule has 0 saturated carbocycles. The molecule has 1 amide bonds. The molecule has 0 spiro atoms. The zero-order chi connectivity index (χ0) is 11.4. The van der Waals surface area contributed by atoms with E-state index in [9.17, 15) is 9.59 Å². The van der Waals surface area contributed by atoms with Crippen LogP contribution in [-0.2, 0) is 4.79 Å². The van der Waals surface area contributed by atoms with E-state index < -0.39 is 0 Å². The molecule has 0 atom stereocenters. The average molecular weight is 207 g/mol. The Morgan fingerprint density at radius 1 is 1.13 bits per heavy atom. The van der Waals surface area contributed by atoms with E-state index in [2.05, 4.69) is 0 Å². The SMILES string of the molecule is CC(=O)Oc1ccc(C(=O)N(C)C)cc1. The van der Waals surface area contributed by atoms with Gasteiger partial charge < -0.3 is 9.64 Å². The first kappa shape index (κ1) is 11.2. The Bertz CT molecular complexity index is 368. The second kappa shape index (κ2) is 4.59. The molecule has 1 rings (SSSR count). The third-order valence-corrected chi connectivity index (χ3v) is 1.77. The van der Waals surface area contributed by atoms with Crippen molar-refractivity contribution in [3.8, 4) is 5.75 Å². The lowest BCUT2D eigenvalue weighted by atomic mass is 10.2. The summed E-state index contributed by atoms with van der Waals surface area (Å²) >= 11 is 0. The number of ether oxygens (including phenoxy) is 1. The molecule has 0 N–H and O–H groups in total. The number of carbonyl (C=O) groups is 2. The predicted molar refractivity (Wildman–Crippen MR) is 55.8 cm³/mol. The molecule has 0 fully saturated rings. The first-order chi connectivity index (χ1) is 7.00. The van der Waals surface area contributed by atoms with Gasteiger partial charge in [0.1, 0.15) is 5.75 Å². The minimum Gasteiger partial charge on any atom is -0.427 e. The summed E-state index contributed by atoms with van der Waals surface area (Å²) in [6, 6.07) is 6.44. The zero-order valence-corrected chi connectivity index (χ0v) is 8.98. The lowest BCUT2D eigenvalue weighted by Gasteiger charge is -2.10. The number of benzene rings is 1. The van der Waals surface area contributed by atoms with Crippen molar-refractivity contribution in [3.05, 3.63) is 29.8 Å². The van der Waals surface area contributed by atoms with Crippen LogP contribution < -0.4 is 4.74 Å². The van der Waals surface area contributed by atoms with Gasteiger partial charge in [-0.3, -0.25) is 9.59 Å². The maximum absolute atomic E-state index is 11.5. The molecule has 1 aromatic rings. The summed E-state index contributed by atoms with van der Waals surface area (Å²) in [4.78, 5) is 23.6. The largest absolute Gasteiger partial charge is 0.427 e. The molecule has 4 nitrogen and oxygen atoms in total. The van der Waals surface area contributed by atoms with Gasteiger partial charge in [0, 0.05) is 26.6 Å². The lowest BCUT2D eigenvalue weighted by Crippen LogP contribution is -2.21. The quantitative estimate of drug-likeness (QED) is 0.542. The van der Waals surface area contributed by atoms with Gasteiger partial charge in [-0.1, -0.05) is 0 Å². The fraction of sp³-hybridized carbons (Fsp3) is 0.273. The molecule has 0 unspecified atom stereocenters. The summed E-state index contributed by atoms with van der Waals surface area (Å²) < 4.78 is 4.85. The van der Waals surface area contributed by atoms with Gasteiger partial charge in [0.05, 0.1) is 0 Å². The van der Waals surface area contributed by atoms with Crippen LogP contribution in [0.5, 0.6) is 5.75 Å². The summed E-state index contributed by atoms with van der Waals surface area (Å²) in [6.07, 6.45) is 0. The van der Waals surface area contributed by atoms with E-state index in [0.717, 1.165) is 0 Å².